The molecule has 2 rings (SSSR count). The van der Waals surface area contributed by atoms with Crippen LogP contribution in [-0.4, -0.2) is 103 Å². The van der Waals surface area contributed by atoms with E-state index in [4.69, 9.17) is 10.5 Å². The summed E-state index contributed by atoms with van der Waals surface area (Å²) in [6.45, 7) is 13.5. The quantitative estimate of drug-likeness (QED) is 0.104. The molecule has 200 valence electrons. The molecular weight excluding hydrogens is 452 g/mol. The second-order valence-electron chi connectivity index (χ2n) is 8.92. The number of carbonyl (C=O) groups is 1. The van der Waals surface area contributed by atoms with E-state index in [0.717, 1.165) is 70.6 Å². The van der Waals surface area contributed by atoms with E-state index in [0.29, 0.717) is 18.8 Å². The van der Waals surface area contributed by atoms with E-state index in [2.05, 4.69) is 34.4 Å². The fraction of sp³-hybridized carbons (Fsp3) is 0.708. The maximum Gasteiger partial charge on any atom is 0.256 e. The zero-order valence-electron chi connectivity index (χ0n) is 20.7. The van der Waals surface area contributed by atoms with Gasteiger partial charge in [-0.05, 0) is 58.4 Å². The van der Waals surface area contributed by atoms with Gasteiger partial charge in [-0.25, -0.2) is 0 Å². The maximum atomic E-state index is 12.4. The number of nitrogens with two attached hydrogens (primary N) is 1. The summed E-state index contributed by atoms with van der Waals surface area (Å²) in [6, 6.07) is 0. The number of ether oxygens (including phenoxy) is 1. The smallest absolute Gasteiger partial charge is 0.256 e. The lowest BCUT2D eigenvalue weighted by Crippen LogP contribution is -2.44. The molecule has 0 spiro atoms. The molecule has 11 nitrogen and oxygen atoms in total. The van der Waals surface area contributed by atoms with Gasteiger partial charge in [0.15, 0.2) is 0 Å². The first-order chi connectivity index (χ1) is 16.9. The summed E-state index contributed by atoms with van der Waals surface area (Å²) in [7, 11) is 0. The Kier molecular flexibility index (Phi) is 13.3. The zero-order chi connectivity index (χ0) is 25.6. The molecule has 9 N–H and O–H groups in total. The second kappa shape index (κ2) is 15.9. The lowest BCUT2D eigenvalue weighted by Gasteiger charge is -2.31. The molecule has 4 atom stereocenters. The summed E-state index contributed by atoms with van der Waals surface area (Å²) in [5.74, 6) is -0.0366. The number of aliphatic hydroxyl groups is 3. The van der Waals surface area contributed by atoms with Crippen LogP contribution in [0.2, 0.25) is 0 Å². The molecule has 2 aliphatic heterocycles. The molecular formula is C24H44N6O5. The number of aliphatic hydroxyl groups excluding tert-OH is 3. The summed E-state index contributed by atoms with van der Waals surface area (Å²) < 4.78 is 5.50. The third kappa shape index (κ3) is 9.53. The highest BCUT2D eigenvalue weighted by molar-refractivity contribution is 5.96. The number of carbonyl (C=O) groups excluding carboxylic acids is 1. The average molecular weight is 497 g/mol. The van der Waals surface area contributed by atoms with Crippen LogP contribution in [0.3, 0.4) is 0 Å². The monoisotopic (exact) mass is 496 g/mol. The molecule has 0 aliphatic carbocycles. The Morgan fingerprint density at radius 1 is 1.09 bits per heavy atom. The van der Waals surface area contributed by atoms with Crippen LogP contribution in [0.15, 0.2) is 36.4 Å². The third-order valence-corrected chi connectivity index (χ3v) is 6.09. The fourth-order valence-corrected chi connectivity index (χ4v) is 3.94. The molecule has 0 aromatic heterocycles. The first-order valence-corrected chi connectivity index (χ1v) is 12.5. The second-order valence-corrected chi connectivity index (χ2v) is 8.92. The van der Waals surface area contributed by atoms with E-state index < -0.39 is 36.9 Å². The largest absolute Gasteiger partial charge is 0.394 e. The van der Waals surface area contributed by atoms with Crippen LogP contribution in [0.4, 0.5) is 0 Å². The summed E-state index contributed by atoms with van der Waals surface area (Å²) in [4.78, 5) is 14.2. The molecule has 0 radical (unpaired) electrons. The van der Waals surface area contributed by atoms with Gasteiger partial charge in [0.2, 0.25) is 0 Å². The van der Waals surface area contributed by atoms with Crippen LogP contribution in [0.25, 0.3) is 0 Å². The lowest BCUT2D eigenvalue weighted by molar-refractivity contribution is -0.120. The van der Waals surface area contributed by atoms with Crippen LogP contribution in [-0.2, 0) is 9.53 Å². The Morgan fingerprint density at radius 2 is 1.74 bits per heavy atom. The van der Waals surface area contributed by atoms with Crippen molar-refractivity contribution in [1.82, 2.24) is 26.2 Å². The standard InChI is InChI=1S/C24H44N6O5/c1-17(28-13-6-12-27-10-4-3-9-26-11-5-8-25)7-14-30-15-19(24(34)29-18(30)2)23-22(33)21(32)20(16-31)35-23/h15,20-23,26-28,31-33H,1-14,16,25H2,(H,29,34)/t20-,21+,22?,23+/m1/s1. The van der Waals surface area contributed by atoms with Crippen molar-refractivity contribution in [3.63, 3.8) is 0 Å². The van der Waals surface area contributed by atoms with Gasteiger partial charge in [-0.1, -0.05) is 13.2 Å². The predicted molar refractivity (Wildman–Crippen MR) is 135 cm³/mol. The van der Waals surface area contributed by atoms with E-state index in [1.54, 1.807) is 11.1 Å². The van der Waals surface area contributed by atoms with Gasteiger partial charge >= 0.3 is 0 Å². The number of nitrogens with one attached hydrogen (secondary N) is 4. The molecule has 1 amide bonds. The summed E-state index contributed by atoms with van der Waals surface area (Å²) in [6.07, 6.45) is 1.96. The molecule has 1 fully saturated rings. The van der Waals surface area contributed by atoms with Crippen LogP contribution in [0, 0.1) is 0 Å². The normalized spacial score (nSPS) is 24.5. The summed E-state index contributed by atoms with van der Waals surface area (Å²) >= 11 is 0. The lowest BCUT2D eigenvalue weighted by atomic mass is 10.0. The highest BCUT2D eigenvalue weighted by Gasteiger charge is 2.46. The molecule has 0 bridgehead atoms. The molecule has 0 aromatic rings. The van der Waals surface area contributed by atoms with E-state index in [-0.39, 0.29) is 5.57 Å². The van der Waals surface area contributed by atoms with Gasteiger partial charge in [-0.3, -0.25) is 4.79 Å². The van der Waals surface area contributed by atoms with Crippen molar-refractivity contribution < 1.29 is 24.9 Å². The predicted octanol–water partition coefficient (Wildman–Crippen LogP) is -1.55. The number of unbranched alkanes of at least 4 members (excludes halogenated alkanes) is 1. The Balaban J connectivity index is 1.63. The van der Waals surface area contributed by atoms with Crippen molar-refractivity contribution in [2.75, 3.05) is 52.4 Å². The van der Waals surface area contributed by atoms with Crippen LogP contribution in [0.1, 0.15) is 32.1 Å². The Bertz CT molecular complexity index is 719. The zero-order valence-corrected chi connectivity index (χ0v) is 20.7. The highest BCUT2D eigenvalue weighted by Crippen LogP contribution is 2.29. The van der Waals surface area contributed by atoms with Crippen LogP contribution >= 0.6 is 0 Å². The number of hydrogen-bond donors (Lipinski definition) is 8. The van der Waals surface area contributed by atoms with Gasteiger partial charge < -0.3 is 52.0 Å². The van der Waals surface area contributed by atoms with E-state index in [9.17, 15) is 20.1 Å². The van der Waals surface area contributed by atoms with Crippen LogP contribution < -0.4 is 27.0 Å². The van der Waals surface area contributed by atoms with E-state index in [1.165, 1.54) is 0 Å². The average Bonchev–Trinajstić information content (AvgIpc) is 3.12. The van der Waals surface area contributed by atoms with Gasteiger partial charge in [0, 0.05) is 31.4 Å². The minimum Gasteiger partial charge on any atom is -0.394 e. The van der Waals surface area contributed by atoms with E-state index >= 15 is 0 Å². The van der Waals surface area contributed by atoms with Crippen molar-refractivity contribution in [3.05, 3.63) is 36.4 Å². The molecule has 0 aromatic carbocycles. The van der Waals surface area contributed by atoms with Crippen molar-refractivity contribution in [2.24, 2.45) is 5.73 Å². The molecule has 2 heterocycles. The molecule has 1 unspecified atom stereocenters. The first kappa shape index (κ1) is 29.2. The van der Waals surface area contributed by atoms with Crippen molar-refractivity contribution in [3.8, 4) is 0 Å². The highest BCUT2D eigenvalue weighted by atomic mass is 16.6. The van der Waals surface area contributed by atoms with Gasteiger partial charge in [-0.15, -0.1) is 0 Å². The van der Waals surface area contributed by atoms with Crippen molar-refractivity contribution >= 4 is 5.91 Å². The summed E-state index contributed by atoms with van der Waals surface area (Å²) in [5, 5.41) is 42.4. The number of nitrogens with zero attached hydrogens (tertiary/aromatic N) is 1. The SMILES string of the molecule is C=C(CCN1C=C([C@@H]2O[C@H](CO)[C@H](O)C2O)C(=O)NC1=C)NCCCNCCCCNCCCN. The number of rotatable bonds is 18. The Hall–Kier alpha value is -1.99. The van der Waals surface area contributed by atoms with Gasteiger partial charge in [-0.2, -0.15) is 0 Å². The molecule has 0 saturated carbocycles. The maximum absolute atomic E-state index is 12.4. The Labute approximate surface area is 208 Å². The van der Waals surface area contributed by atoms with Crippen LogP contribution in [0.5, 0.6) is 0 Å². The fourth-order valence-electron chi connectivity index (χ4n) is 3.94. The minimum absolute atomic E-state index is 0.177. The van der Waals surface area contributed by atoms with Gasteiger partial charge in [0.25, 0.3) is 5.91 Å². The van der Waals surface area contributed by atoms with E-state index in [1.807, 2.05) is 0 Å². The first-order valence-electron chi connectivity index (χ1n) is 12.5. The topological polar surface area (TPSA) is 164 Å². The number of hydrogen-bond acceptors (Lipinski definition) is 10. The third-order valence-electron chi connectivity index (χ3n) is 6.09. The Morgan fingerprint density at radius 3 is 2.37 bits per heavy atom. The minimum atomic E-state index is -1.30. The number of amides is 1. The molecule has 11 heteroatoms. The van der Waals surface area contributed by atoms with Gasteiger partial charge in [0.1, 0.15) is 30.2 Å². The molecule has 1 saturated heterocycles. The molecule has 2 aliphatic rings. The van der Waals surface area contributed by atoms with Gasteiger partial charge in [0.05, 0.1) is 12.2 Å². The van der Waals surface area contributed by atoms with Crippen molar-refractivity contribution in [1.29, 1.82) is 0 Å². The van der Waals surface area contributed by atoms with Crippen molar-refractivity contribution in [2.45, 2.75) is 56.5 Å². The summed E-state index contributed by atoms with van der Waals surface area (Å²) in [5.41, 5.74) is 6.52. The molecule has 35 heavy (non-hydrogen) atoms.